The van der Waals surface area contributed by atoms with Crippen molar-refractivity contribution in [3.8, 4) is 28.6 Å². The van der Waals surface area contributed by atoms with Crippen molar-refractivity contribution in [1.82, 2.24) is 14.7 Å². The van der Waals surface area contributed by atoms with Gasteiger partial charge in [-0.25, -0.2) is 4.68 Å². The van der Waals surface area contributed by atoms with Crippen LogP contribution >= 0.6 is 0 Å². The highest BCUT2D eigenvalue weighted by molar-refractivity contribution is 5.65. The summed E-state index contributed by atoms with van der Waals surface area (Å²) >= 11 is 0. The predicted octanol–water partition coefficient (Wildman–Crippen LogP) is 4.42. The molecule has 3 aromatic rings. The van der Waals surface area contributed by atoms with Crippen LogP contribution in [0.3, 0.4) is 0 Å². The van der Waals surface area contributed by atoms with E-state index in [9.17, 15) is 5.11 Å². The molecule has 1 aliphatic rings. The molecule has 4 rings (SSSR count). The maximum absolute atomic E-state index is 10.6. The lowest BCUT2D eigenvalue weighted by Gasteiger charge is -2.25. The van der Waals surface area contributed by atoms with E-state index in [-0.39, 0.29) is 6.61 Å². The number of rotatable bonds is 13. The first-order valence-electron chi connectivity index (χ1n) is 11.6. The lowest BCUT2D eigenvalue weighted by Crippen LogP contribution is -2.36. The summed E-state index contributed by atoms with van der Waals surface area (Å²) in [6.07, 6.45) is 3.35. The third-order valence-electron chi connectivity index (χ3n) is 5.82. The summed E-state index contributed by atoms with van der Waals surface area (Å²) in [6, 6.07) is 18.1. The Balaban J connectivity index is 1.63. The molecule has 1 saturated carbocycles. The van der Waals surface area contributed by atoms with Crippen molar-refractivity contribution >= 4 is 0 Å². The Labute approximate surface area is 201 Å². The third kappa shape index (κ3) is 6.05. The van der Waals surface area contributed by atoms with Gasteiger partial charge in [-0.05, 0) is 37.1 Å². The number of aromatic nitrogens is 2. The number of hydrogen-bond acceptors (Lipinski definition) is 6. The molecule has 1 N–H and O–H groups in total. The second kappa shape index (κ2) is 11.3. The maximum Gasteiger partial charge on any atom is 0.222 e. The van der Waals surface area contributed by atoms with Gasteiger partial charge in [-0.2, -0.15) is 5.10 Å². The van der Waals surface area contributed by atoms with Crippen LogP contribution in [-0.2, 0) is 18.3 Å². The van der Waals surface area contributed by atoms with Crippen molar-refractivity contribution in [2.75, 3.05) is 26.9 Å². The van der Waals surface area contributed by atoms with Crippen LogP contribution in [0.15, 0.2) is 67.3 Å². The molecule has 34 heavy (non-hydrogen) atoms. The van der Waals surface area contributed by atoms with Crippen LogP contribution in [0.4, 0.5) is 0 Å². The Bertz CT molecular complexity index is 1060. The molecule has 0 spiro atoms. The first-order valence-corrected chi connectivity index (χ1v) is 11.6. The molecule has 0 radical (unpaired) electrons. The van der Waals surface area contributed by atoms with Crippen LogP contribution in [0, 0.1) is 0 Å². The molecule has 0 unspecified atom stereocenters. The quantitative estimate of drug-likeness (QED) is 0.299. The summed E-state index contributed by atoms with van der Waals surface area (Å²) in [6.45, 7) is 5.51. The standard InChI is InChI=1S/C27H33N3O4/c1-4-16-33-19-22(31)17-30(21-10-11-21)18-25-26(20-8-6-5-7-9-20)28-29(2)27(25)34-24-14-12-23(32-3)13-15-24/h4-9,12-15,21-22,31H,1,10-11,16-19H2,2-3H3/t22-/m1/s1. The molecule has 0 aliphatic heterocycles. The van der Waals surface area contributed by atoms with E-state index in [1.54, 1.807) is 17.9 Å². The molecule has 1 aromatic heterocycles. The van der Waals surface area contributed by atoms with Gasteiger partial charge >= 0.3 is 0 Å². The van der Waals surface area contributed by atoms with E-state index >= 15 is 0 Å². The smallest absolute Gasteiger partial charge is 0.222 e. The van der Waals surface area contributed by atoms with E-state index in [2.05, 4.69) is 23.6 Å². The minimum Gasteiger partial charge on any atom is -0.497 e. The van der Waals surface area contributed by atoms with Gasteiger partial charge in [-0.3, -0.25) is 4.90 Å². The normalized spacial score (nSPS) is 14.2. The molecule has 1 heterocycles. The summed E-state index contributed by atoms with van der Waals surface area (Å²) in [5, 5.41) is 15.4. The largest absolute Gasteiger partial charge is 0.497 e. The number of nitrogens with zero attached hydrogens (tertiary/aromatic N) is 3. The van der Waals surface area contributed by atoms with Gasteiger partial charge in [0.05, 0.1) is 32.0 Å². The topological polar surface area (TPSA) is 69.0 Å². The zero-order valence-corrected chi connectivity index (χ0v) is 19.9. The fourth-order valence-corrected chi connectivity index (χ4v) is 4.00. The average Bonchev–Trinajstić information content (AvgIpc) is 3.66. The van der Waals surface area contributed by atoms with E-state index in [0.29, 0.717) is 37.4 Å². The highest BCUT2D eigenvalue weighted by atomic mass is 16.5. The van der Waals surface area contributed by atoms with Gasteiger partial charge in [-0.1, -0.05) is 36.4 Å². The lowest BCUT2D eigenvalue weighted by molar-refractivity contribution is 0.0227. The van der Waals surface area contributed by atoms with Crippen LogP contribution in [-0.4, -0.2) is 58.8 Å². The summed E-state index contributed by atoms with van der Waals surface area (Å²) in [5.41, 5.74) is 2.91. The number of benzene rings is 2. The second-order valence-corrected chi connectivity index (χ2v) is 8.54. The van der Waals surface area contributed by atoms with Gasteiger partial charge in [0.2, 0.25) is 5.88 Å². The molecular formula is C27H33N3O4. The van der Waals surface area contributed by atoms with Gasteiger partial charge in [0, 0.05) is 31.7 Å². The van der Waals surface area contributed by atoms with Gasteiger partial charge in [0.1, 0.15) is 17.2 Å². The number of methoxy groups -OCH3 is 1. The third-order valence-corrected chi connectivity index (χ3v) is 5.82. The molecule has 7 heteroatoms. The van der Waals surface area contributed by atoms with Gasteiger partial charge < -0.3 is 19.3 Å². The molecule has 1 aliphatic carbocycles. The monoisotopic (exact) mass is 463 g/mol. The molecular weight excluding hydrogens is 430 g/mol. The number of aryl methyl sites for hydroxylation is 1. The van der Waals surface area contributed by atoms with Crippen LogP contribution in [0.25, 0.3) is 11.3 Å². The van der Waals surface area contributed by atoms with E-state index in [0.717, 1.165) is 35.4 Å². The van der Waals surface area contributed by atoms with Crippen molar-refractivity contribution in [3.05, 3.63) is 72.8 Å². The van der Waals surface area contributed by atoms with E-state index in [1.165, 1.54) is 0 Å². The van der Waals surface area contributed by atoms with Crippen LogP contribution in [0.5, 0.6) is 17.4 Å². The predicted molar refractivity (Wildman–Crippen MR) is 132 cm³/mol. The number of hydrogen-bond donors (Lipinski definition) is 1. The number of aliphatic hydroxyl groups is 1. The van der Waals surface area contributed by atoms with Crippen molar-refractivity contribution in [1.29, 1.82) is 0 Å². The Morgan fingerprint density at radius 2 is 1.85 bits per heavy atom. The van der Waals surface area contributed by atoms with E-state index in [4.69, 9.17) is 19.3 Å². The molecule has 1 atom stereocenters. The number of aliphatic hydroxyl groups excluding tert-OH is 1. The minimum atomic E-state index is -0.580. The average molecular weight is 464 g/mol. The first-order chi connectivity index (χ1) is 16.6. The van der Waals surface area contributed by atoms with Gasteiger partial charge in [-0.15, -0.1) is 6.58 Å². The molecule has 0 bridgehead atoms. The minimum absolute atomic E-state index is 0.281. The molecule has 2 aromatic carbocycles. The highest BCUT2D eigenvalue weighted by Gasteiger charge is 2.33. The van der Waals surface area contributed by atoms with Gasteiger partial charge in [0.25, 0.3) is 0 Å². The second-order valence-electron chi connectivity index (χ2n) is 8.54. The van der Waals surface area contributed by atoms with Crippen molar-refractivity contribution in [2.24, 2.45) is 7.05 Å². The Morgan fingerprint density at radius 1 is 1.15 bits per heavy atom. The number of ether oxygens (including phenoxy) is 3. The van der Waals surface area contributed by atoms with Crippen molar-refractivity contribution in [3.63, 3.8) is 0 Å². The molecule has 0 saturated heterocycles. The highest BCUT2D eigenvalue weighted by Crippen LogP contribution is 2.37. The summed E-state index contributed by atoms with van der Waals surface area (Å²) in [7, 11) is 3.54. The van der Waals surface area contributed by atoms with Gasteiger partial charge in [0.15, 0.2) is 0 Å². The Morgan fingerprint density at radius 3 is 2.50 bits per heavy atom. The molecule has 1 fully saturated rings. The van der Waals surface area contributed by atoms with Crippen molar-refractivity contribution < 1.29 is 19.3 Å². The fourth-order valence-electron chi connectivity index (χ4n) is 4.00. The maximum atomic E-state index is 10.6. The first kappa shape index (κ1) is 24.0. The Kier molecular flexibility index (Phi) is 8.00. The summed E-state index contributed by atoms with van der Waals surface area (Å²) < 4.78 is 18.9. The summed E-state index contributed by atoms with van der Waals surface area (Å²) in [4.78, 5) is 2.31. The summed E-state index contributed by atoms with van der Waals surface area (Å²) in [5.74, 6) is 2.17. The van der Waals surface area contributed by atoms with Crippen molar-refractivity contribution in [2.45, 2.75) is 31.5 Å². The Hall–Kier alpha value is -3.13. The van der Waals surface area contributed by atoms with Crippen LogP contribution < -0.4 is 9.47 Å². The SMILES string of the molecule is C=CCOC[C@H](O)CN(Cc1c(-c2ccccc2)nn(C)c1Oc1ccc(OC)cc1)C1CC1. The molecule has 180 valence electrons. The van der Waals surface area contributed by atoms with Crippen LogP contribution in [0.1, 0.15) is 18.4 Å². The van der Waals surface area contributed by atoms with Crippen LogP contribution in [0.2, 0.25) is 0 Å². The fraction of sp³-hybridized carbons (Fsp3) is 0.370. The van der Waals surface area contributed by atoms with E-state index in [1.807, 2.05) is 49.5 Å². The molecule has 7 nitrogen and oxygen atoms in total. The zero-order valence-electron chi connectivity index (χ0n) is 19.9. The van der Waals surface area contributed by atoms with E-state index < -0.39 is 6.10 Å². The zero-order chi connectivity index (χ0) is 23.9. The lowest BCUT2D eigenvalue weighted by atomic mass is 10.1. The molecule has 0 amide bonds.